The van der Waals surface area contributed by atoms with Gasteiger partial charge in [0, 0.05) is 0 Å². The quantitative estimate of drug-likeness (QED) is 0.525. The Morgan fingerprint density at radius 2 is 0.692 bits per heavy atom. The van der Waals surface area contributed by atoms with E-state index in [1.165, 1.54) is 18.2 Å². The first kappa shape index (κ1) is 22.8. The SMILES string of the molecule is CC=C[O-].CC=C[O-].CC=C[O-].[V+3]. The first-order chi connectivity index (χ1) is 5.74. The van der Waals surface area contributed by atoms with E-state index in [1.54, 1.807) is 20.8 Å². The van der Waals surface area contributed by atoms with Crippen LogP contribution in [0.1, 0.15) is 20.8 Å². The summed E-state index contributed by atoms with van der Waals surface area (Å²) in [7, 11) is 0. The Hall–Kier alpha value is -0.796. The summed E-state index contributed by atoms with van der Waals surface area (Å²) in [5.41, 5.74) is 0. The summed E-state index contributed by atoms with van der Waals surface area (Å²) in [5, 5.41) is 27.4. The number of hydrogen-bond acceptors (Lipinski definition) is 3. The van der Waals surface area contributed by atoms with E-state index in [0.29, 0.717) is 0 Å². The van der Waals surface area contributed by atoms with E-state index >= 15 is 0 Å². The zero-order valence-corrected chi connectivity index (χ0v) is 9.53. The summed E-state index contributed by atoms with van der Waals surface area (Å²) in [6, 6.07) is 0. The van der Waals surface area contributed by atoms with Crippen LogP contribution in [0.3, 0.4) is 0 Å². The van der Waals surface area contributed by atoms with Gasteiger partial charge >= 0.3 is 18.6 Å². The van der Waals surface area contributed by atoms with Crippen LogP contribution in [0.15, 0.2) is 37.0 Å². The Labute approximate surface area is 92.0 Å². The van der Waals surface area contributed by atoms with Gasteiger partial charge in [0.15, 0.2) is 0 Å². The van der Waals surface area contributed by atoms with Gasteiger partial charge in [0.2, 0.25) is 0 Å². The molecule has 0 amide bonds. The van der Waals surface area contributed by atoms with Crippen LogP contribution in [-0.4, -0.2) is 0 Å². The molecule has 3 nitrogen and oxygen atoms in total. The Balaban J connectivity index is -0.0000000450. The fourth-order valence-electron chi connectivity index (χ4n) is 0. The fraction of sp³-hybridized carbons (Fsp3) is 0.333. The Bertz CT molecular complexity index is 84.3. The summed E-state index contributed by atoms with van der Waals surface area (Å²) in [6.07, 6.45) is 6.58. The zero-order valence-electron chi connectivity index (χ0n) is 8.14. The molecule has 0 aromatic carbocycles. The molecule has 0 N–H and O–H groups in total. The predicted octanol–water partition coefficient (Wildman–Crippen LogP) is -0.362. The van der Waals surface area contributed by atoms with Crippen LogP contribution in [0.5, 0.6) is 0 Å². The van der Waals surface area contributed by atoms with Gasteiger partial charge < -0.3 is 15.3 Å². The predicted molar refractivity (Wildman–Crippen MR) is 44.4 cm³/mol. The molecule has 0 aliphatic heterocycles. The molecule has 4 heteroatoms. The van der Waals surface area contributed by atoms with Crippen LogP contribution in [0.4, 0.5) is 0 Å². The average molecular weight is 222 g/mol. The first-order valence-corrected chi connectivity index (χ1v) is 3.44. The maximum absolute atomic E-state index is 9.12. The molecule has 0 saturated heterocycles. The smallest absolute Gasteiger partial charge is 0.878 e. The molecule has 0 fully saturated rings. The van der Waals surface area contributed by atoms with E-state index in [2.05, 4.69) is 0 Å². The van der Waals surface area contributed by atoms with Crippen molar-refractivity contribution in [3.63, 3.8) is 0 Å². The van der Waals surface area contributed by atoms with Gasteiger partial charge in [-0.1, -0.05) is 0 Å². The Morgan fingerprint density at radius 1 is 0.615 bits per heavy atom. The summed E-state index contributed by atoms with van der Waals surface area (Å²) in [6.45, 7) is 5.06. The van der Waals surface area contributed by atoms with Crippen molar-refractivity contribution in [2.24, 2.45) is 0 Å². The van der Waals surface area contributed by atoms with Crippen molar-refractivity contribution < 1.29 is 33.9 Å². The molecule has 0 spiro atoms. The molecular formula is C9H15O3V. The van der Waals surface area contributed by atoms with Gasteiger partial charge in [0.1, 0.15) is 0 Å². The topological polar surface area (TPSA) is 69.2 Å². The van der Waals surface area contributed by atoms with Crippen molar-refractivity contribution in [3.8, 4) is 0 Å². The third-order valence-electron chi connectivity index (χ3n) is 0.408. The van der Waals surface area contributed by atoms with Crippen molar-refractivity contribution in [2.45, 2.75) is 20.8 Å². The third kappa shape index (κ3) is 195. The summed E-state index contributed by atoms with van der Waals surface area (Å²) < 4.78 is 0. The van der Waals surface area contributed by atoms with Gasteiger partial charge in [-0.15, -0.1) is 18.2 Å². The van der Waals surface area contributed by atoms with Crippen molar-refractivity contribution in [3.05, 3.63) is 37.0 Å². The van der Waals surface area contributed by atoms with Crippen molar-refractivity contribution in [1.29, 1.82) is 0 Å². The third-order valence-corrected chi connectivity index (χ3v) is 0.408. The normalized spacial score (nSPS) is 8.54. The molecule has 0 radical (unpaired) electrons. The second kappa shape index (κ2) is 43.1. The van der Waals surface area contributed by atoms with Crippen LogP contribution < -0.4 is 15.3 Å². The summed E-state index contributed by atoms with van der Waals surface area (Å²) >= 11 is 0. The molecule has 0 saturated carbocycles. The minimum absolute atomic E-state index is 0. The maximum atomic E-state index is 9.12. The van der Waals surface area contributed by atoms with Gasteiger partial charge in [0.05, 0.1) is 0 Å². The minimum Gasteiger partial charge on any atom is -0.878 e. The van der Waals surface area contributed by atoms with E-state index in [0.717, 1.165) is 18.8 Å². The average Bonchev–Trinajstić information content (AvgIpc) is 2.18. The van der Waals surface area contributed by atoms with E-state index < -0.39 is 0 Å². The molecule has 0 unspecified atom stereocenters. The molecule has 0 atom stereocenters. The molecule has 13 heavy (non-hydrogen) atoms. The molecule has 0 rings (SSSR count). The van der Waals surface area contributed by atoms with Gasteiger partial charge in [-0.3, -0.25) is 0 Å². The number of hydrogen-bond donors (Lipinski definition) is 0. The fourth-order valence-corrected chi connectivity index (χ4v) is 0. The van der Waals surface area contributed by atoms with Crippen LogP contribution in [-0.2, 0) is 18.6 Å². The van der Waals surface area contributed by atoms with Crippen molar-refractivity contribution in [1.82, 2.24) is 0 Å². The maximum Gasteiger partial charge on any atom is 3.00 e. The van der Waals surface area contributed by atoms with Crippen LogP contribution in [0, 0.1) is 0 Å². The molecular weight excluding hydrogens is 207 g/mol. The molecule has 74 valence electrons. The van der Waals surface area contributed by atoms with Gasteiger partial charge in [-0.05, 0) is 20.8 Å². The largest absolute Gasteiger partial charge is 3.00 e. The van der Waals surface area contributed by atoms with Crippen LogP contribution in [0.2, 0.25) is 0 Å². The molecule has 0 aliphatic rings. The van der Waals surface area contributed by atoms with Gasteiger partial charge in [-0.2, -0.15) is 18.8 Å². The first-order valence-electron chi connectivity index (χ1n) is 3.44. The van der Waals surface area contributed by atoms with E-state index in [4.69, 9.17) is 15.3 Å². The monoisotopic (exact) mass is 222 g/mol. The second-order valence-corrected chi connectivity index (χ2v) is 1.41. The second-order valence-electron chi connectivity index (χ2n) is 1.41. The molecule has 0 aromatic heterocycles. The number of allylic oxidation sites excluding steroid dienone is 3. The Morgan fingerprint density at radius 3 is 0.692 bits per heavy atom. The standard InChI is InChI=1S/3C3H6O.V/c3*1-2-3-4;/h3*2-4H,1H3;/q;;;+3/p-3. The van der Waals surface area contributed by atoms with Gasteiger partial charge in [0.25, 0.3) is 0 Å². The van der Waals surface area contributed by atoms with Crippen LogP contribution >= 0.6 is 0 Å². The van der Waals surface area contributed by atoms with E-state index in [9.17, 15) is 0 Å². The van der Waals surface area contributed by atoms with Crippen LogP contribution in [0.25, 0.3) is 0 Å². The van der Waals surface area contributed by atoms with Crippen molar-refractivity contribution in [2.75, 3.05) is 0 Å². The van der Waals surface area contributed by atoms with E-state index in [1.807, 2.05) is 0 Å². The Kier molecular flexibility index (Phi) is 75.4. The molecule has 0 bridgehead atoms. The molecule has 0 aromatic rings. The molecule has 0 aliphatic carbocycles. The van der Waals surface area contributed by atoms with Crippen molar-refractivity contribution >= 4 is 0 Å². The minimum atomic E-state index is 0. The molecule has 0 heterocycles. The summed E-state index contributed by atoms with van der Waals surface area (Å²) in [4.78, 5) is 0. The zero-order chi connectivity index (χ0) is 10.2. The van der Waals surface area contributed by atoms with E-state index in [-0.39, 0.29) is 18.6 Å². The number of rotatable bonds is 0. The van der Waals surface area contributed by atoms with Gasteiger partial charge in [-0.25, -0.2) is 0 Å². The summed E-state index contributed by atoms with van der Waals surface area (Å²) in [5.74, 6) is 0.